The molecule has 24 heavy (non-hydrogen) atoms. The standard InChI is InChI=1S/C19H25N3O2/c1-13-4-5-14-9-15(19(24)20-16(14)8-13)10-21-11-17(18(23)12-21)22-6-2-3-7-22/h4-5,8-9,17-18,23H,2-3,6-7,10-12H2,1H3,(H,20,24)/t17-,18-/m0/s1. The Morgan fingerprint density at radius 2 is 2.00 bits per heavy atom. The number of aromatic nitrogens is 1. The van der Waals surface area contributed by atoms with Gasteiger partial charge in [0.2, 0.25) is 0 Å². The van der Waals surface area contributed by atoms with Crippen LogP contribution < -0.4 is 5.56 Å². The third-order valence-corrected chi connectivity index (χ3v) is 5.42. The molecule has 2 atom stereocenters. The number of nitrogens with one attached hydrogen (secondary N) is 1. The number of aliphatic hydroxyl groups is 1. The Morgan fingerprint density at radius 1 is 1.21 bits per heavy atom. The Kier molecular flexibility index (Phi) is 4.16. The van der Waals surface area contributed by atoms with E-state index in [4.69, 9.17) is 0 Å². The van der Waals surface area contributed by atoms with Crippen molar-refractivity contribution < 1.29 is 5.11 Å². The second kappa shape index (κ2) is 6.31. The molecule has 0 unspecified atom stereocenters. The normalized spacial score (nSPS) is 25.8. The van der Waals surface area contributed by atoms with Crippen molar-refractivity contribution in [3.8, 4) is 0 Å². The lowest BCUT2D eigenvalue weighted by Crippen LogP contribution is -2.41. The number of benzene rings is 1. The summed E-state index contributed by atoms with van der Waals surface area (Å²) in [5.41, 5.74) is 2.79. The van der Waals surface area contributed by atoms with E-state index in [0.717, 1.165) is 41.7 Å². The van der Waals surface area contributed by atoms with Gasteiger partial charge in [-0.25, -0.2) is 0 Å². The molecule has 5 nitrogen and oxygen atoms in total. The number of pyridine rings is 1. The van der Waals surface area contributed by atoms with Crippen LogP contribution in [0.5, 0.6) is 0 Å². The van der Waals surface area contributed by atoms with Gasteiger partial charge in [-0.2, -0.15) is 0 Å². The monoisotopic (exact) mass is 327 g/mol. The second-order valence-electron chi connectivity index (χ2n) is 7.29. The quantitative estimate of drug-likeness (QED) is 0.896. The van der Waals surface area contributed by atoms with E-state index < -0.39 is 0 Å². The number of β-amino-alcohol motifs (C(OH)–C–C–N with tert-alkyl or cyclic N) is 1. The Hall–Kier alpha value is -1.69. The highest BCUT2D eigenvalue weighted by molar-refractivity contribution is 5.79. The first-order valence-corrected chi connectivity index (χ1v) is 8.87. The second-order valence-corrected chi connectivity index (χ2v) is 7.29. The Balaban J connectivity index is 1.53. The van der Waals surface area contributed by atoms with Crippen LogP contribution in [0.2, 0.25) is 0 Å². The van der Waals surface area contributed by atoms with Crippen LogP contribution in [0.1, 0.15) is 24.0 Å². The SMILES string of the molecule is Cc1ccc2cc(CN3C[C@H](O)[C@@H](N4CCCC4)C3)c(=O)[nH]c2c1. The minimum absolute atomic E-state index is 0.0211. The van der Waals surface area contributed by atoms with Gasteiger partial charge in [-0.05, 0) is 55.9 Å². The number of aromatic amines is 1. The average Bonchev–Trinajstić information content (AvgIpc) is 3.18. The summed E-state index contributed by atoms with van der Waals surface area (Å²) < 4.78 is 0. The summed E-state index contributed by atoms with van der Waals surface area (Å²) in [5, 5.41) is 11.5. The Labute approximate surface area is 141 Å². The van der Waals surface area contributed by atoms with E-state index in [1.807, 2.05) is 19.1 Å². The first kappa shape index (κ1) is 15.8. The lowest BCUT2D eigenvalue weighted by Gasteiger charge is -2.25. The molecular weight excluding hydrogens is 302 g/mol. The summed E-state index contributed by atoms with van der Waals surface area (Å²) >= 11 is 0. The Morgan fingerprint density at radius 3 is 2.79 bits per heavy atom. The highest BCUT2D eigenvalue weighted by atomic mass is 16.3. The van der Waals surface area contributed by atoms with E-state index in [2.05, 4.69) is 26.9 Å². The molecule has 1 aromatic carbocycles. The van der Waals surface area contributed by atoms with Crippen molar-refractivity contribution >= 4 is 10.9 Å². The number of likely N-dealkylation sites (tertiary alicyclic amines) is 2. The summed E-state index contributed by atoms with van der Waals surface area (Å²) in [6, 6.07) is 8.32. The molecule has 2 aromatic rings. The lowest BCUT2D eigenvalue weighted by molar-refractivity contribution is 0.0978. The van der Waals surface area contributed by atoms with Crippen LogP contribution in [0.15, 0.2) is 29.1 Å². The zero-order valence-electron chi connectivity index (χ0n) is 14.2. The van der Waals surface area contributed by atoms with Crippen LogP contribution in [0.25, 0.3) is 10.9 Å². The molecule has 1 aromatic heterocycles. The van der Waals surface area contributed by atoms with E-state index >= 15 is 0 Å². The number of aliphatic hydroxyl groups excluding tert-OH is 1. The molecule has 128 valence electrons. The Bertz CT molecular complexity index is 795. The maximum absolute atomic E-state index is 12.4. The van der Waals surface area contributed by atoms with Gasteiger partial charge in [0.05, 0.1) is 6.10 Å². The van der Waals surface area contributed by atoms with Gasteiger partial charge in [0.15, 0.2) is 0 Å². The largest absolute Gasteiger partial charge is 0.390 e. The first-order chi connectivity index (χ1) is 11.6. The summed E-state index contributed by atoms with van der Waals surface area (Å²) in [6.45, 7) is 6.28. The molecule has 0 saturated carbocycles. The molecule has 5 heteroatoms. The third-order valence-electron chi connectivity index (χ3n) is 5.42. The summed E-state index contributed by atoms with van der Waals surface area (Å²) in [7, 11) is 0. The number of nitrogens with zero attached hydrogens (tertiary/aromatic N) is 2. The van der Waals surface area contributed by atoms with Crippen molar-refractivity contribution in [3.63, 3.8) is 0 Å². The lowest BCUT2D eigenvalue weighted by atomic mass is 10.1. The molecule has 2 aliphatic rings. The highest BCUT2D eigenvalue weighted by Crippen LogP contribution is 2.22. The van der Waals surface area contributed by atoms with Crippen molar-refractivity contribution in [1.29, 1.82) is 0 Å². The van der Waals surface area contributed by atoms with E-state index in [-0.39, 0.29) is 17.7 Å². The summed E-state index contributed by atoms with van der Waals surface area (Å²) in [5.74, 6) is 0. The zero-order valence-corrected chi connectivity index (χ0v) is 14.2. The van der Waals surface area contributed by atoms with Gasteiger partial charge >= 0.3 is 0 Å². The van der Waals surface area contributed by atoms with Crippen molar-refractivity contribution in [2.75, 3.05) is 26.2 Å². The summed E-state index contributed by atoms with van der Waals surface area (Å²) in [6.07, 6.45) is 2.14. The fourth-order valence-electron chi connectivity index (χ4n) is 4.13. The van der Waals surface area contributed by atoms with Gasteiger partial charge in [0.1, 0.15) is 0 Å². The van der Waals surface area contributed by atoms with Crippen LogP contribution >= 0.6 is 0 Å². The van der Waals surface area contributed by atoms with Crippen molar-refractivity contribution in [1.82, 2.24) is 14.8 Å². The number of H-pyrrole nitrogens is 1. The third kappa shape index (κ3) is 2.99. The fourth-order valence-corrected chi connectivity index (χ4v) is 4.13. The van der Waals surface area contributed by atoms with Crippen LogP contribution in [-0.4, -0.2) is 58.2 Å². The molecule has 2 fully saturated rings. The van der Waals surface area contributed by atoms with Gasteiger partial charge in [-0.1, -0.05) is 12.1 Å². The molecule has 0 amide bonds. The van der Waals surface area contributed by atoms with Gasteiger partial charge in [0.25, 0.3) is 5.56 Å². The van der Waals surface area contributed by atoms with Gasteiger partial charge in [-0.15, -0.1) is 0 Å². The first-order valence-electron chi connectivity index (χ1n) is 8.87. The minimum Gasteiger partial charge on any atom is -0.390 e. The average molecular weight is 327 g/mol. The van der Waals surface area contributed by atoms with Crippen LogP contribution in [0.4, 0.5) is 0 Å². The topological polar surface area (TPSA) is 59.6 Å². The van der Waals surface area contributed by atoms with Crippen molar-refractivity contribution in [2.24, 2.45) is 0 Å². The fraction of sp³-hybridized carbons (Fsp3) is 0.526. The van der Waals surface area contributed by atoms with Crippen molar-refractivity contribution in [3.05, 3.63) is 45.7 Å². The molecule has 3 heterocycles. The predicted molar refractivity (Wildman–Crippen MR) is 95.2 cm³/mol. The summed E-state index contributed by atoms with van der Waals surface area (Å²) in [4.78, 5) is 20.0. The van der Waals surface area contributed by atoms with Gasteiger partial charge < -0.3 is 10.1 Å². The van der Waals surface area contributed by atoms with Crippen LogP contribution in [0, 0.1) is 6.92 Å². The van der Waals surface area contributed by atoms with E-state index in [1.165, 1.54) is 12.8 Å². The van der Waals surface area contributed by atoms with Crippen molar-refractivity contribution in [2.45, 2.75) is 38.5 Å². The molecule has 0 spiro atoms. The smallest absolute Gasteiger partial charge is 0.252 e. The molecule has 2 saturated heterocycles. The number of aryl methyl sites for hydroxylation is 1. The highest BCUT2D eigenvalue weighted by Gasteiger charge is 2.36. The number of fused-ring (bicyclic) bond motifs is 1. The predicted octanol–water partition coefficient (Wildman–Crippen LogP) is 1.48. The minimum atomic E-state index is -0.315. The maximum atomic E-state index is 12.4. The zero-order chi connectivity index (χ0) is 16.7. The number of hydrogen-bond acceptors (Lipinski definition) is 4. The molecule has 0 radical (unpaired) electrons. The molecular formula is C19H25N3O2. The maximum Gasteiger partial charge on any atom is 0.252 e. The van der Waals surface area contributed by atoms with Gasteiger partial charge in [-0.3, -0.25) is 14.6 Å². The number of hydrogen-bond donors (Lipinski definition) is 2. The molecule has 4 rings (SSSR count). The van der Waals surface area contributed by atoms with E-state index in [1.54, 1.807) is 0 Å². The number of rotatable bonds is 3. The molecule has 2 aliphatic heterocycles. The van der Waals surface area contributed by atoms with E-state index in [9.17, 15) is 9.90 Å². The van der Waals surface area contributed by atoms with Crippen LogP contribution in [-0.2, 0) is 6.54 Å². The molecule has 0 bridgehead atoms. The van der Waals surface area contributed by atoms with E-state index in [0.29, 0.717) is 13.1 Å². The van der Waals surface area contributed by atoms with Crippen LogP contribution in [0.3, 0.4) is 0 Å². The molecule has 0 aliphatic carbocycles. The molecule has 2 N–H and O–H groups in total. The van der Waals surface area contributed by atoms with Gasteiger partial charge in [0, 0.05) is 36.8 Å².